The zero-order valence-corrected chi connectivity index (χ0v) is 12.1. The number of rotatable bonds is 3. The van der Waals surface area contributed by atoms with Crippen LogP contribution in [0.1, 0.15) is 31.7 Å². The third-order valence-electron chi connectivity index (χ3n) is 4.21. The van der Waals surface area contributed by atoms with Crippen LogP contribution in [0.3, 0.4) is 0 Å². The van der Waals surface area contributed by atoms with Crippen LogP contribution in [0.4, 0.5) is 14.9 Å². The van der Waals surface area contributed by atoms with Gasteiger partial charge in [-0.1, -0.05) is 18.6 Å². The van der Waals surface area contributed by atoms with Gasteiger partial charge >= 0.3 is 12.0 Å². The number of hydrogen-bond acceptors (Lipinski definition) is 2. The highest BCUT2D eigenvalue weighted by Gasteiger charge is 2.45. The molecule has 0 spiro atoms. The van der Waals surface area contributed by atoms with Gasteiger partial charge in [-0.2, -0.15) is 0 Å². The summed E-state index contributed by atoms with van der Waals surface area (Å²) in [6, 6.07) is 3.48. The number of carbonyl (C=O) groups is 2. The lowest BCUT2D eigenvalue weighted by molar-refractivity contribution is -0.148. The number of aliphatic carboxylic acids is 1. The smallest absolute Gasteiger partial charge is 0.319 e. The van der Waals surface area contributed by atoms with E-state index in [1.54, 1.807) is 26.0 Å². The SMILES string of the molecule is Cc1cccc(F)c1NC(=O)NC1CCCC1(C)C(=O)O. The van der Waals surface area contributed by atoms with Gasteiger partial charge < -0.3 is 15.7 Å². The van der Waals surface area contributed by atoms with Gasteiger partial charge in [-0.25, -0.2) is 9.18 Å². The first-order valence-corrected chi connectivity index (χ1v) is 6.90. The van der Waals surface area contributed by atoms with E-state index in [1.165, 1.54) is 6.07 Å². The van der Waals surface area contributed by atoms with E-state index in [-0.39, 0.29) is 5.69 Å². The Morgan fingerprint density at radius 3 is 2.76 bits per heavy atom. The standard InChI is InChI=1S/C15H19FN2O3/c1-9-5-3-6-10(16)12(9)18-14(21)17-11-7-4-8-15(11,2)13(19)20/h3,5-6,11H,4,7-8H2,1-2H3,(H,19,20)(H2,17,18,21). The minimum Gasteiger partial charge on any atom is -0.481 e. The van der Waals surface area contributed by atoms with Gasteiger partial charge in [-0.05, 0) is 38.3 Å². The van der Waals surface area contributed by atoms with E-state index in [4.69, 9.17) is 0 Å². The predicted molar refractivity (Wildman–Crippen MR) is 76.7 cm³/mol. The fraction of sp³-hybridized carbons (Fsp3) is 0.467. The number of carbonyl (C=O) groups excluding carboxylic acids is 1. The molecule has 1 aromatic rings. The minimum atomic E-state index is -0.971. The van der Waals surface area contributed by atoms with Crippen LogP contribution in [0.15, 0.2) is 18.2 Å². The number of carboxylic acid groups (broad SMARTS) is 1. The zero-order valence-electron chi connectivity index (χ0n) is 12.1. The maximum atomic E-state index is 13.7. The number of anilines is 1. The molecule has 3 N–H and O–H groups in total. The number of urea groups is 1. The van der Waals surface area contributed by atoms with E-state index in [0.717, 1.165) is 6.42 Å². The van der Waals surface area contributed by atoms with Crippen LogP contribution in [0, 0.1) is 18.2 Å². The molecule has 6 heteroatoms. The Morgan fingerprint density at radius 1 is 1.43 bits per heavy atom. The second-order valence-corrected chi connectivity index (χ2v) is 5.70. The number of amides is 2. The van der Waals surface area contributed by atoms with E-state index < -0.39 is 29.3 Å². The van der Waals surface area contributed by atoms with Crippen LogP contribution in [0.2, 0.25) is 0 Å². The fourth-order valence-corrected chi connectivity index (χ4v) is 2.75. The number of carboxylic acids is 1. The van der Waals surface area contributed by atoms with Crippen LogP contribution in [0.25, 0.3) is 0 Å². The largest absolute Gasteiger partial charge is 0.481 e. The van der Waals surface area contributed by atoms with Crippen LogP contribution < -0.4 is 10.6 Å². The summed E-state index contributed by atoms with van der Waals surface area (Å²) in [6.07, 6.45) is 1.87. The first-order chi connectivity index (χ1) is 9.84. The molecule has 2 atom stereocenters. The molecule has 0 radical (unpaired) electrons. The summed E-state index contributed by atoms with van der Waals surface area (Å²) in [5.41, 5.74) is -0.246. The van der Waals surface area contributed by atoms with Gasteiger partial charge in [-0.3, -0.25) is 4.79 Å². The van der Waals surface area contributed by atoms with Gasteiger partial charge in [0.15, 0.2) is 0 Å². The van der Waals surface area contributed by atoms with Crippen LogP contribution in [-0.2, 0) is 4.79 Å². The summed E-state index contributed by atoms with van der Waals surface area (Å²) in [6.45, 7) is 3.32. The lowest BCUT2D eigenvalue weighted by Gasteiger charge is -2.27. The van der Waals surface area contributed by atoms with Gasteiger partial charge in [0.25, 0.3) is 0 Å². The summed E-state index contributed by atoms with van der Waals surface area (Å²) >= 11 is 0. The Morgan fingerprint density at radius 2 is 2.14 bits per heavy atom. The molecule has 5 nitrogen and oxygen atoms in total. The van der Waals surface area contributed by atoms with Crippen LogP contribution in [-0.4, -0.2) is 23.1 Å². The summed E-state index contributed by atoms with van der Waals surface area (Å²) in [5.74, 6) is -1.44. The number of halogens is 1. The highest BCUT2D eigenvalue weighted by Crippen LogP contribution is 2.38. The quantitative estimate of drug-likeness (QED) is 0.802. The van der Waals surface area contributed by atoms with Crippen molar-refractivity contribution in [3.05, 3.63) is 29.6 Å². The number of nitrogens with one attached hydrogen (secondary N) is 2. The minimum absolute atomic E-state index is 0.116. The number of para-hydroxylation sites is 1. The topological polar surface area (TPSA) is 78.4 Å². The van der Waals surface area contributed by atoms with E-state index in [2.05, 4.69) is 10.6 Å². The van der Waals surface area contributed by atoms with Crippen molar-refractivity contribution in [2.45, 2.75) is 39.2 Å². The summed E-state index contributed by atoms with van der Waals surface area (Å²) in [4.78, 5) is 23.4. The van der Waals surface area contributed by atoms with E-state index in [1.807, 2.05) is 0 Å². The fourth-order valence-electron chi connectivity index (χ4n) is 2.75. The zero-order chi connectivity index (χ0) is 15.6. The number of benzene rings is 1. The molecule has 1 aliphatic rings. The molecule has 1 aromatic carbocycles. The summed E-state index contributed by atoms with van der Waals surface area (Å²) < 4.78 is 13.7. The lowest BCUT2D eigenvalue weighted by Crippen LogP contribution is -2.48. The third-order valence-corrected chi connectivity index (χ3v) is 4.21. The molecule has 1 fully saturated rings. The molecule has 2 amide bonds. The van der Waals surface area contributed by atoms with Gasteiger partial charge in [0, 0.05) is 6.04 Å². The number of hydrogen-bond donors (Lipinski definition) is 3. The second-order valence-electron chi connectivity index (χ2n) is 5.70. The Labute approximate surface area is 122 Å². The van der Waals surface area contributed by atoms with Crippen molar-refractivity contribution in [2.24, 2.45) is 5.41 Å². The average Bonchev–Trinajstić information content (AvgIpc) is 2.77. The Hall–Kier alpha value is -2.11. The van der Waals surface area contributed by atoms with Gasteiger partial charge in [-0.15, -0.1) is 0 Å². The molecule has 2 unspecified atom stereocenters. The molecule has 0 saturated heterocycles. The molecule has 114 valence electrons. The van der Waals surface area contributed by atoms with Gasteiger partial charge in [0.05, 0.1) is 11.1 Å². The monoisotopic (exact) mass is 294 g/mol. The van der Waals surface area contributed by atoms with Crippen molar-refractivity contribution in [3.8, 4) is 0 Å². The highest BCUT2D eigenvalue weighted by molar-refractivity contribution is 5.91. The van der Waals surface area contributed by atoms with Crippen molar-refractivity contribution in [3.63, 3.8) is 0 Å². The molecule has 0 aliphatic heterocycles. The normalized spacial score (nSPS) is 24.6. The Bertz CT molecular complexity index is 556. The van der Waals surface area contributed by atoms with Crippen molar-refractivity contribution in [1.29, 1.82) is 0 Å². The van der Waals surface area contributed by atoms with E-state index >= 15 is 0 Å². The first kappa shape index (κ1) is 15.3. The van der Waals surface area contributed by atoms with E-state index in [0.29, 0.717) is 18.4 Å². The molecular formula is C15H19FN2O3. The molecule has 0 aromatic heterocycles. The molecule has 0 bridgehead atoms. The van der Waals surface area contributed by atoms with Crippen LogP contribution >= 0.6 is 0 Å². The van der Waals surface area contributed by atoms with Crippen molar-refractivity contribution in [1.82, 2.24) is 5.32 Å². The molecule has 21 heavy (non-hydrogen) atoms. The second kappa shape index (κ2) is 5.71. The van der Waals surface area contributed by atoms with E-state index in [9.17, 15) is 19.1 Å². The molecule has 1 aliphatic carbocycles. The maximum absolute atomic E-state index is 13.7. The molecule has 0 heterocycles. The van der Waals surface area contributed by atoms with Gasteiger partial charge in [0.2, 0.25) is 0 Å². The summed E-state index contributed by atoms with van der Waals surface area (Å²) in [7, 11) is 0. The van der Waals surface area contributed by atoms with Crippen LogP contribution in [0.5, 0.6) is 0 Å². The van der Waals surface area contributed by atoms with Gasteiger partial charge in [0.1, 0.15) is 5.82 Å². The van der Waals surface area contributed by atoms with Crippen molar-refractivity contribution >= 4 is 17.7 Å². The predicted octanol–water partition coefficient (Wildman–Crippen LogP) is 2.90. The Balaban J connectivity index is 2.07. The molecular weight excluding hydrogens is 275 g/mol. The molecule has 2 rings (SSSR count). The van der Waals surface area contributed by atoms with Crippen molar-refractivity contribution in [2.75, 3.05) is 5.32 Å². The lowest BCUT2D eigenvalue weighted by atomic mass is 9.85. The molecule has 1 saturated carbocycles. The highest BCUT2D eigenvalue weighted by atomic mass is 19.1. The number of aryl methyl sites for hydroxylation is 1. The third kappa shape index (κ3) is 2.99. The Kier molecular flexibility index (Phi) is 4.16. The first-order valence-electron chi connectivity index (χ1n) is 6.90. The average molecular weight is 294 g/mol. The maximum Gasteiger partial charge on any atom is 0.319 e. The van der Waals surface area contributed by atoms with Crippen molar-refractivity contribution < 1.29 is 19.1 Å². The summed E-state index contributed by atoms with van der Waals surface area (Å²) in [5, 5.41) is 14.4.